The lowest BCUT2D eigenvalue weighted by molar-refractivity contribution is -0.170. The number of nitrogens with zero attached hydrogens (tertiary/aromatic N) is 1. The third-order valence-electron chi connectivity index (χ3n) is 7.89. The average molecular weight is 477 g/mol. The first-order chi connectivity index (χ1) is 16.8. The number of carboxylic acids is 1. The summed E-state index contributed by atoms with van der Waals surface area (Å²) in [6, 6.07) is 11.1. The molecule has 2 fully saturated rings. The molecule has 2 aromatic rings. The maximum absolute atomic E-state index is 12.6. The normalized spacial score (nSPS) is 27.3. The number of carbonyl (C=O) groups is 3. The van der Waals surface area contributed by atoms with Crippen molar-refractivity contribution in [3.8, 4) is 5.75 Å². The van der Waals surface area contributed by atoms with Gasteiger partial charge < -0.3 is 14.9 Å². The van der Waals surface area contributed by atoms with Crippen LogP contribution in [0.4, 0.5) is 10.5 Å². The average Bonchev–Trinajstić information content (AvgIpc) is 2.82. The van der Waals surface area contributed by atoms with E-state index in [-0.39, 0.29) is 23.8 Å². The molecule has 1 heterocycles. The van der Waals surface area contributed by atoms with Gasteiger partial charge in [0.2, 0.25) is 0 Å². The highest BCUT2D eigenvalue weighted by Gasteiger charge is 2.64. The number of benzene rings is 2. The first-order valence-corrected chi connectivity index (χ1v) is 11.8. The number of ketones is 1. The zero-order valence-corrected chi connectivity index (χ0v) is 19.3. The van der Waals surface area contributed by atoms with Gasteiger partial charge in [0.25, 0.3) is 0 Å². The number of hydrogen-bond donors (Lipinski definition) is 3. The second-order valence-electron chi connectivity index (χ2n) is 9.69. The molecule has 1 saturated carbocycles. The Morgan fingerprint density at radius 1 is 1.20 bits per heavy atom. The SMILES string of the molecule is C=CCN1CC[C@]23CC(=O)CC[C@@]2(O)[C@H]1Cc1ccc(OC(=O)Nc2ccc(C(=O)O)cc2)cc13. The summed E-state index contributed by atoms with van der Waals surface area (Å²) < 4.78 is 5.54. The van der Waals surface area contributed by atoms with Crippen LogP contribution in [0.15, 0.2) is 55.1 Å². The maximum atomic E-state index is 12.6. The van der Waals surface area contributed by atoms with Crippen molar-refractivity contribution in [3.63, 3.8) is 0 Å². The predicted octanol–water partition coefficient (Wildman–Crippen LogP) is 3.53. The number of carboxylic acid groups (broad SMARTS) is 1. The van der Waals surface area contributed by atoms with Crippen LogP contribution in [-0.4, -0.2) is 57.7 Å². The van der Waals surface area contributed by atoms with Gasteiger partial charge in [-0.25, -0.2) is 9.59 Å². The van der Waals surface area contributed by atoms with Gasteiger partial charge in [-0.05, 0) is 73.3 Å². The smallest absolute Gasteiger partial charge is 0.417 e. The summed E-state index contributed by atoms with van der Waals surface area (Å²) in [6.45, 7) is 5.30. The van der Waals surface area contributed by atoms with E-state index in [9.17, 15) is 19.5 Å². The number of aromatic carboxylic acids is 1. The van der Waals surface area contributed by atoms with Crippen molar-refractivity contribution in [2.75, 3.05) is 18.4 Å². The monoisotopic (exact) mass is 476 g/mol. The summed E-state index contributed by atoms with van der Waals surface area (Å²) >= 11 is 0. The number of hydrogen-bond acceptors (Lipinski definition) is 6. The molecule has 182 valence electrons. The maximum Gasteiger partial charge on any atom is 0.417 e. The molecule has 5 rings (SSSR count). The standard InChI is InChI=1S/C27H28N2O6/c1-2-12-29-13-11-26-16-20(30)9-10-27(26,34)23(29)14-18-5-8-21(15-22(18)26)35-25(33)28-19-6-3-17(4-7-19)24(31)32/h2-8,15,23,34H,1,9-14,16H2,(H,28,33)(H,31,32)/t23-,26-,27-/m1/s1. The fourth-order valence-corrected chi connectivity index (χ4v) is 6.27. The molecule has 1 saturated heterocycles. The number of aliphatic hydroxyl groups is 1. The lowest BCUT2D eigenvalue weighted by Gasteiger charge is -2.63. The van der Waals surface area contributed by atoms with Crippen LogP contribution in [0.25, 0.3) is 0 Å². The number of fused-ring (bicyclic) bond motifs is 1. The minimum absolute atomic E-state index is 0.0984. The molecule has 8 heteroatoms. The van der Waals surface area contributed by atoms with E-state index in [0.29, 0.717) is 43.7 Å². The molecule has 35 heavy (non-hydrogen) atoms. The molecule has 8 nitrogen and oxygen atoms in total. The summed E-state index contributed by atoms with van der Waals surface area (Å²) in [5, 5.41) is 23.7. The highest BCUT2D eigenvalue weighted by molar-refractivity contribution is 5.90. The molecule has 2 bridgehead atoms. The van der Waals surface area contributed by atoms with Crippen molar-refractivity contribution in [1.29, 1.82) is 0 Å². The third kappa shape index (κ3) is 3.83. The van der Waals surface area contributed by atoms with E-state index in [1.807, 2.05) is 12.1 Å². The number of anilines is 1. The lowest BCUT2D eigenvalue weighted by Crippen LogP contribution is -2.73. The van der Waals surface area contributed by atoms with E-state index in [0.717, 1.165) is 17.7 Å². The van der Waals surface area contributed by atoms with Crippen molar-refractivity contribution < 1.29 is 29.3 Å². The van der Waals surface area contributed by atoms with Crippen LogP contribution in [0.2, 0.25) is 0 Å². The molecule has 0 spiro atoms. The second kappa shape index (κ2) is 8.62. The quantitative estimate of drug-likeness (QED) is 0.565. The first-order valence-electron chi connectivity index (χ1n) is 11.8. The van der Waals surface area contributed by atoms with Gasteiger partial charge in [0.05, 0.1) is 11.2 Å². The van der Waals surface area contributed by atoms with Crippen molar-refractivity contribution in [2.45, 2.75) is 49.2 Å². The van der Waals surface area contributed by atoms with Gasteiger partial charge >= 0.3 is 12.1 Å². The molecule has 0 unspecified atom stereocenters. The molecule has 3 aliphatic rings. The van der Waals surface area contributed by atoms with Crippen molar-refractivity contribution in [1.82, 2.24) is 4.90 Å². The van der Waals surface area contributed by atoms with Gasteiger partial charge in [-0.15, -0.1) is 6.58 Å². The van der Waals surface area contributed by atoms with Gasteiger partial charge in [0.15, 0.2) is 0 Å². The molecule has 2 aromatic carbocycles. The molecule has 0 aromatic heterocycles. The highest BCUT2D eigenvalue weighted by atomic mass is 16.6. The molecule has 3 atom stereocenters. The number of rotatable bonds is 5. The number of likely N-dealkylation sites (tertiary alicyclic amines) is 1. The Morgan fingerprint density at radius 2 is 1.97 bits per heavy atom. The first kappa shape index (κ1) is 23.3. The van der Waals surface area contributed by atoms with Crippen LogP contribution in [0.5, 0.6) is 5.75 Å². The molecule has 1 aliphatic heterocycles. The molecule has 3 N–H and O–H groups in total. The number of amides is 1. The van der Waals surface area contributed by atoms with Crippen molar-refractivity contribution in [2.24, 2.45) is 0 Å². The molecule has 1 amide bonds. The Kier molecular flexibility index (Phi) is 5.73. The molecule has 0 radical (unpaired) electrons. The second-order valence-corrected chi connectivity index (χ2v) is 9.69. The minimum Gasteiger partial charge on any atom is -0.478 e. The topological polar surface area (TPSA) is 116 Å². The highest BCUT2D eigenvalue weighted by Crippen LogP contribution is 2.57. The number of nitrogens with one attached hydrogen (secondary N) is 1. The predicted molar refractivity (Wildman–Crippen MR) is 129 cm³/mol. The van der Waals surface area contributed by atoms with E-state index >= 15 is 0 Å². The number of ether oxygens (including phenoxy) is 1. The molecule has 2 aliphatic carbocycles. The number of piperidine rings is 1. The van der Waals surface area contributed by atoms with Crippen LogP contribution in [0, 0.1) is 0 Å². The number of Topliss-reactive ketones (excluding diaryl/α,β-unsaturated/α-hetero) is 1. The third-order valence-corrected chi connectivity index (χ3v) is 7.89. The molecular weight excluding hydrogens is 448 g/mol. The number of carbonyl (C=O) groups excluding carboxylic acids is 2. The van der Waals surface area contributed by atoms with Gasteiger partial charge in [-0.1, -0.05) is 12.1 Å². The van der Waals surface area contributed by atoms with Crippen LogP contribution < -0.4 is 10.1 Å². The van der Waals surface area contributed by atoms with E-state index < -0.39 is 23.1 Å². The van der Waals surface area contributed by atoms with Gasteiger partial charge in [-0.3, -0.25) is 15.0 Å². The Labute approximate surface area is 203 Å². The summed E-state index contributed by atoms with van der Waals surface area (Å²) in [5.74, 6) is -0.580. The van der Waals surface area contributed by atoms with Crippen LogP contribution >= 0.6 is 0 Å². The minimum atomic E-state index is -1.05. The Morgan fingerprint density at radius 3 is 2.69 bits per heavy atom. The zero-order chi connectivity index (χ0) is 24.8. The lowest BCUT2D eigenvalue weighted by atomic mass is 9.49. The van der Waals surface area contributed by atoms with Crippen molar-refractivity contribution >= 4 is 23.5 Å². The summed E-state index contributed by atoms with van der Waals surface area (Å²) in [7, 11) is 0. The summed E-state index contributed by atoms with van der Waals surface area (Å²) in [4.78, 5) is 38.4. The fourth-order valence-electron chi connectivity index (χ4n) is 6.27. The Bertz CT molecular complexity index is 1210. The van der Waals surface area contributed by atoms with Crippen LogP contribution in [0.1, 0.15) is 47.2 Å². The van der Waals surface area contributed by atoms with E-state index in [2.05, 4.69) is 16.8 Å². The fraction of sp³-hybridized carbons (Fsp3) is 0.370. The summed E-state index contributed by atoms with van der Waals surface area (Å²) in [5.41, 5.74) is 0.716. The van der Waals surface area contributed by atoms with E-state index in [1.54, 1.807) is 12.1 Å². The Hall–Kier alpha value is -3.49. The van der Waals surface area contributed by atoms with Crippen LogP contribution in [0.3, 0.4) is 0 Å². The molecular formula is C27H28N2O6. The zero-order valence-electron chi connectivity index (χ0n) is 19.3. The van der Waals surface area contributed by atoms with Gasteiger partial charge in [0.1, 0.15) is 11.5 Å². The Balaban J connectivity index is 1.43. The van der Waals surface area contributed by atoms with Crippen LogP contribution in [-0.2, 0) is 16.6 Å². The van der Waals surface area contributed by atoms with Gasteiger partial charge in [0, 0.05) is 36.5 Å². The largest absolute Gasteiger partial charge is 0.478 e. The van der Waals surface area contributed by atoms with E-state index in [4.69, 9.17) is 9.84 Å². The summed E-state index contributed by atoms with van der Waals surface area (Å²) in [6.07, 6.45) is 3.49. The van der Waals surface area contributed by atoms with E-state index in [1.165, 1.54) is 24.3 Å². The van der Waals surface area contributed by atoms with Gasteiger partial charge in [-0.2, -0.15) is 0 Å². The van der Waals surface area contributed by atoms with Crippen molar-refractivity contribution in [3.05, 3.63) is 71.8 Å².